The van der Waals surface area contributed by atoms with Crippen LogP contribution in [0.4, 0.5) is 0 Å². The van der Waals surface area contributed by atoms with Gasteiger partial charge in [0.25, 0.3) is 0 Å². The smallest absolute Gasteiger partial charge is 0.0619 e. The number of benzene rings is 8. The molecular formula is C44H27NS. The van der Waals surface area contributed by atoms with Crippen LogP contribution in [0.2, 0.25) is 0 Å². The normalized spacial score (nSPS) is 11.9. The van der Waals surface area contributed by atoms with Crippen molar-refractivity contribution < 1.29 is 0 Å². The molecule has 0 aliphatic rings. The summed E-state index contributed by atoms with van der Waals surface area (Å²) in [6.45, 7) is 0. The highest BCUT2D eigenvalue weighted by atomic mass is 32.1. The van der Waals surface area contributed by atoms with Crippen molar-refractivity contribution in [3.05, 3.63) is 164 Å². The van der Waals surface area contributed by atoms with Gasteiger partial charge in [-0.1, -0.05) is 140 Å². The summed E-state index contributed by atoms with van der Waals surface area (Å²) in [4.78, 5) is 0. The molecule has 2 heteroatoms. The minimum absolute atomic E-state index is 1.17. The van der Waals surface area contributed by atoms with Crippen LogP contribution < -0.4 is 0 Å². The van der Waals surface area contributed by atoms with Crippen molar-refractivity contribution in [2.24, 2.45) is 0 Å². The molecule has 0 atom stereocenters. The van der Waals surface area contributed by atoms with Gasteiger partial charge in [0.2, 0.25) is 0 Å². The average Bonchev–Trinajstić information content (AvgIpc) is 3.68. The first-order chi connectivity index (χ1) is 22.8. The molecule has 2 heterocycles. The third kappa shape index (κ3) is 3.74. The number of rotatable bonds is 3. The number of thiophene rings is 1. The maximum atomic E-state index is 2.46. The van der Waals surface area contributed by atoms with Crippen LogP contribution in [0, 0.1) is 0 Å². The van der Waals surface area contributed by atoms with Crippen molar-refractivity contribution in [3.63, 3.8) is 0 Å². The van der Waals surface area contributed by atoms with Gasteiger partial charge in [0.1, 0.15) is 0 Å². The lowest BCUT2D eigenvalue weighted by Gasteiger charge is -2.12. The topological polar surface area (TPSA) is 4.93 Å². The molecule has 10 rings (SSSR count). The average molecular weight is 602 g/mol. The molecule has 0 saturated carbocycles. The Balaban J connectivity index is 1.18. The second-order valence-electron chi connectivity index (χ2n) is 12.1. The lowest BCUT2D eigenvalue weighted by molar-refractivity contribution is 1.19. The summed E-state index contributed by atoms with van der Waals surface area (Å²) in [5, 5.41) is 10.5. The maximum absolute atomic E-state index is 2.46. The number of hydrogen-bond acceptors (Lipinski definition) is 1. The van der Waals surface area contributed by atoms with Crippen molar-refractivity contribution >= 4 is 74.9 Å². The van der Waals surface area contributed by atoms with E-state index < -0.39 is 0 Å². The van der Waals surface area contributed by atoms with E-state index >= 15 is 0 Å². The standard InChI is InChI=1S/C44H27NS/c1-2-8-28(9-3-1)29-14-16-30(17-15-29)31-18-22-33(23-19-31)45-40-12-6-4-10-34(40)37-27-26-36-38(43(37)45)24-20-32-21-25-39-35-11-5-7-13-41(35)46-44(39)42(32)36/h1-27H. The molecule has 0 radical (unpaired) electrons. The molecule has 0 aliphatic heterocycles. The fraction of sp³-hybridized carbons (Fsp3) is 0. The molecule has 46 heavy (non-hydrogen) atoms. The van der Waals surface area contributed by atoms with Crippen LogP contribution in [0.1, 0.15) is 0 Å². The first kappa shape index (κ1) is 25.6. The first-order valence-corrected chi connectivity index (χ1v) is 16.6. The monoisotopic (exact) mass is 601 g/mol. The second kappa shape index (κ2) is 9.90. The Morgan fingerprint density at radius 1 is 0.370 bits per heavy atom. The molecular weight excluding hydrogens is 575 g/mol. The molecule has 1 nitrogen and oxygen atoms in total. The van der Waals surface area contributed by atoms with Crippen molar-refractivity contribution in [3.8, 4) is 27.9 Å². The maximum Gasteiger partial charge on any atom is 0.0619 e. The molecule has 0 saturated heterocycles. The Morgan fingerprint density at radius 2 is 0.913 bits per heavy atom. The first-order valence-electron chi connectivity index (χ1n) is 15.8. The quantitative estimate of drug-likeness (QED) is 0.178. The molecule has 2 aromatic heterocycles. The van der Waals surface area contributed by atoms with Gasteiger partial charge >= 0.3 is 0 Å². The third-order valence-corrected chi connectivity index (χ3v) is 10.8. The Hall–Kier alpha value is -5.70. The number of nitrogens with zero attached hydrogens (tertiary/aromatic N) is 1. The predicted octanol–water partition coefficient (Wildman–Crippen LogP) is 12.8. The van der Waals surface area contributed by atoms with E-state index in [4.69, 9.17) is 0 Å². The summed E-state index contributed by atoms with van der Waals surface area (Å²) in [7, 11) is 0. The molecule has 0 bridgehead atoms. The molecule has 0 amide bonds. The van der Waals surface area contributed by atoms with Gasteiger partial charge in [-0.2, -0.15) is 0 Å². The fourth-order valence-corrected chi connectivity index (χ4v) is 8.69. The minimum atomic E-state index is 1.17. The zero-order valence-corrected chi connectivity index (χ0v) is 25.8. The molecule has 0 aliphatic carbocycles. The highest BCUT2D eigenvalue weighted by Gasteiger charge is 2.18. The van der Waals surface area contributed by atoms with Crippen LogP contribution in [0.25, 0.3) is 91.5 Å². The number of para-hydroxylation sites is 1. The molecule has 10 aromatic rings. The lowest BCUT2D eigenvalue weighted by atomic mass is 9.98. The summed E-state index contributed by atoms with van der Waals surface area (Å²) >= 11 is 1.91. The van der Waals surface area contributed by atoms with Crippen LogP contribution >= 0.6 is 11.3 Å². The van der Waals surface area contributed by atoms with Crippen LogP contribution in [0.15, 0.2) is 164 Å². The highest BCUT2D eigenvalue weighted by Crippen LogP contribution is 2.44. The van der Waals surface area contributed by atoms with Crippen LogP contribution in [-0.4, -0.2) is 4.57 Å². The van der Waals surface area contributed by atoms with E-state index in [9.17, 15) is 0 Å². The van der Waals surface area contributed by atoms with Crippen molar-refractivity contribution in [1.29, 1.82) is 0 Å². The summed E-state index contributed by atoms with van der Waals surface area (Å²) < 4.78 is 5.17. The zero-order valence-electron chi connectivity index (χ0n) is 24.9. The van der Waals surface area contributed by atoms with E-state index in [0.29, 0.717) is 0 Å². The molecule has 0 spiro atoms. The van der Waals surface area contributed by atoms with E-state index in [1.165, 1.54) is 91.5 Å². The van der Waals surface area contributed by atoms with Gasteiger partial charge in [-0.15, -0.1) is 11.3 Å². The Bertz CT molecular complexity index is 2760. The van der Waals surface area contributed by atoms with Gasteiger partial charge in [0.05, 0.1) is 11.0 Å². The summed E-state index contributed by atoms with van der Waals surface area (Å²) in [6, 6.07) is 60.0. The Kier molecular flexibility index (Phi) is 5.51. The fourth-order valence-electron chi connectivity index (χ4n) is 7.42. The van der Waals surface area contributed by atoms with Gasteiger partial charge in [-0.05, 0) is 57.3 Å². The van der Waals surface area contributed by atoms with E-state index in [2.05, 4.69) is 168 Å². The van der Waals surface area contributed by atoms with E-state index in [1.54, 1.807) is 0 Å². The molecule has 0 fully saturated rings. The SMILES string of the molecule is c1ccc(-c2ccc(-c3ccc(-n4c5ccccc5c5ccc6c(ccc7ccc8c9ccccc9sc8c76)c54)cc3)cc2)cc1. The van der Waals surface area contributed by atoms with Gasteiger partial charge in [0.15, 0.2) is 0 Å². The van der Waals surface area contributed by atoms with Gasteiger partial charge in [0, 0.05) is 47.4 Å². The molecule has 0 N–H and O–H groups in total. The van der Waals surface area contributed by atoms with Crippen molar-refractivity contribution in [2.45, 2.75) is 0 Å². The van der Waals surface area contributed by atoms with Crippen LogP contribution in [-0.2, 0) is 0 Å². The number of aromatic nitrogens is 1. The third-order valence-electron chi connectivity index (χ3n) is 9.60. The van der Waals surface area contributed by atoms with E-state index in [0.717, 1.165) is 0 Å². The van der Waals surface area contributed by atoms with Gasteiger partial charge < -0.3 is 4.57 Å². The largest absolute Gasteiger partial charge is 0.309 e. The molecule has 8 aromatic carbocycles. The number of fused-ring (bicyclic) bond motifs is 11. The van der Waals surface area contributed by atoms with Gasteiger partial charge in [-0.3, -0.25) is 0 Å². The lowest BCUT2D eigenvalue weighted by Crippen LogP contribution is -1.94. The predicted molar refractivity (Wildman–Crippen MR) is 200 cm³/mol. The minimum Gasteiger partial charge on any atom is -0.309 e. The van der Waals surface area contributed by atoms with Crippen molar-refractivity contribution in [1.82, 2.24) is 4.57 Å². The van der Waals surface area contributed by atoms with E-state index in [-0.39, 0.29) is 0 Å². The Morgan fingerprint density at radius 3 is 1.67 bits per heavy atom. The Labute approximate surface area is 270 Å². The van der Waals surface area contributed by atoms with Crippen molar-refractivity contribution in [2.75, 3.05) is 0 Å². The summed E-state index contributed by atoms with van der Waals surface area (Å²) in [5.41, 5.74) is 8.57. The zero-order chi connectivity index (χ0) is 30.2. The van der Waals surface area contributed by atoms with Crippen LogP contribution in [0.5, 0.6) is 0 Å². The highest BCUT2D eigenvalue weighted by molar-refractivity contribution is 7.26. The summed E-state index contributed by atoms with van der Waals surface area (Å²) in [5.74, 6) is 0. The second-order valence-corrected chi connectivity index (χ2v) is 13.2. The number of hydrogen-bond donors (Lipinski definition) is 0. The summed E-state index contributed by atoms with van der Waals surface area (Å²) in [6.07, 6.45) is 0. The molecule has 0 unspecified atom stereocenters. The molecule has 214 valence electrons. The van der Waals surface area contributed by atoms with Crippen LogP contribution in [0.3, 0.4) is 0 Å². The van der Waals surface area contributed by atoms with E-state index in [1.807, 2.05) is 11.3 Å². The van der Waals surface area contributed by atoms with Gasteiger partial charge in [-0.25, -0.2) is 0 Å².